The van der Waals surface area contributed by atoms with Gasteiger partial charge in [0.25, 0.3) is 0 Å². The second-order valence-corrected chi connectivity index (χ2v) is 14.3. The molecule has 7 nitrogen and oxygen atoms in total. The van der Waals surface area contributed by atoms with E-state index < -0.39 is 19.0 Å². The van der Waals surface area contributed by atoms with Crippen LogP contribution in [-0.4, -0.2) is 61.3 Å². The summed E-state index contributed by atoms with van der Waals surface area (Å²) in [7, 11) is -0.457. The fraction of sp³-hybridized carbons (Fsp3) is 0.344. The third kappa shape index (κ3) is 8.92. The zero-order valence-electron chi connectivity index (χ0n) is 23.9. The van der Waals surface area contributed by atoms with Crippen LogP contribution in [0.3, 0.4) is 0 Å². The van der Waals surface area contributed by atoms with E-state index in [1.54, 1.807) is 20.8 Å². The summed E-state index contributed by atoms with van der Waals surface area (Å²) in [6, 6.07) is 31.9. The van der Waals surface area contributed by atoms with E-state index in [-0.39, 0.29) is 24.9 Å². The van der Waals surface area contributed by atoms with Gasteiger partial charge in [0.05, 0.1) is 6.16 Å². The second kappa shape index (κ2) is 14.6. The average Bonchev–Trinajstić information content (AvgIpc) is 2.94. The first-order chi connectivity index (χ1) is 19.1. The summed E-state index contributed by atoms with van der Waals surface area (Å²) >= 11 is 0. The molecule has 0 aliphatic rings. The monoisotopic (exact) mass is 562 g/mol. The van der Waals surface area contributed by atoms with E-state index in [9.17, 15) is 14.4 Å². The van der Waals surface area contributed by atoms with Crippen molar-refractivity contribution in [2.45, 2.75) is 39.2 Å². The Morgan fingerprint density at radius 3 is 1.57 bits per heavy atom. The minimum absolute atomic E-state index is 0.0487. The van der Waals surface area contributed by atoms with E-state index in [0.29, 0.717) is 13.0 Å². The predicted octanol–water partition coefficient (Wildman–Crippen LogP) is 3.86. The van der Waals surface area contributed by atoms with Crippen molar-refractivity contribution in [2.75, 3.05) is 32.8 Å². The lowest BCUT2D eigenvalue weighted by atomic mass is 10.2. The molecular weight excluding hydrogens is 521 g/mol. The topological polar surface area (TPSA) is 87.7 Å². The maximum absolute atomic E-state index is 12.7. The van der Waals surface area contributed by atoms with E-state index in [2.05, 4.69) is 83.4 Å². The standard InChI is InChI=1S/C32H40N3O4P/c1-32(2,3)39-31(38)35(4)25-30(37)34-23-22-33-29(36)21-14-24-40(26-15-8-5-9-16-26,27-17-10-6-11-18-27)28-19-12-7-13-20-28/h5-13,15-20H,14,21-25H2,1-4H3,(H-,33,34,36,37)/p+1. The largest absolute Gasteiger partial charge is 0.444 e. The molecule has 3 aromatic rings. The molecule has 40 heavy (non-hydrogen) atoms. The number of amides is 3. The maximum Gasteiger partial charge on any atom is 0.410 e. The highest BCUT2D eigenvalue weighted by molar-refractivity contribution is 7.95. The number of nitrogens with one attached hydrogen (secondary N) is 2. The zero-order valence-corrected chi connectivity index (χ0v) is 24.8. The van der Waals surface area contributed by atoms with Gasteiger partial charge in [0.1, 0.15) is 35.3 Å². The molecule has 0 aromatic heterocycles. The van der Waals surface area contributed by atoms with Gasteiger partial charge >= 0.3 is 6.09 Å². The molecule has 3 amide bonds. The lowest BCUT2D eigenvalue weighted by molar-refractivity contribution is -0.123. The van der Waals surface area contributed by atoms with Crippen LogP contribution in [-0.2, 0) is 14.3 Å². The van der Waals surface area contributed by atoms with E-state index in [1.165, 1.54) is 27.9 Å². The molecular formula is C32H41N3O4P+. The highest BCUT2D eigenvalue weighted by atomic mass is 31.2. The Labute approximate surface area is 238 Å². The van der Waals surface area contributed by atoms with Gasteiger partial charge in [-0.2, -0.15) is 0 Å². The molecule has 212 valence electrons. The molecule has 3 aromatic carbocycles. The van der Waals surface area contributed by atoms with Crippen LogP contribution in [0.2, 0.25) is 0 Å². The second-order valence-electron chi connectivity index (χ2n) is 10.7. The van der Waals surface area contributed by atoms with E-state index in [4.69, 9.17) is 4.74 Å². The number of ether oxygens (including phenoxy) is 1. The van der Waals surface area contributed by atoms with Crippen LogP contribution in [0.15, 0.2) is 91.0 Å². The SMILES string of the molecule is CN(CC(=O)NCCNC(=O)CCC[P+](c1ccccc1)(c1ccccc1)c1ccccc1)C(=O)OC(C)(C)C. The first-order valence-electron chi connectivity index (χ1n) is 13.6. The summed E-state index contributed by atoms with van der Waals surface area (Å²) < 4.78 is 5.26. The van der Waals surface area contributed by atoms with Crippen LogP contribution in [0.1, 0.15) is 33.6 Å². The molecule has 0 spiro atoms. The van der Waals surface area contributed by atoms with Crippen LogP contribution in [0.4, 0.5) is 4.79 Å². The van der Waals surface area contributed by atoms with Gasteiger partial charge in [0.15, 0.2) is 0 Å². The van der Waals surface area contributed by atoms with E-state index in [0.717, 1.165) is 12.6 Å². The Bertz CT molecular complexity index is 1130. The highest BCUT2D eigenvalue weighted by Crippen LogP contribution is 2.55. The summed E-state index contributed by atoms with van der Waals surface area (Å²) in [5.41, 5.74) is -0.628. The molecule has 0 heterocycles. The van der Waals surface area contributed by atoms with E-state index >= 15 is 0 Å². The molecule has 0 fully saturated rings. The van der Waals surface area contributed by atoms with Gasteiger partial charge in [0.2, 0.25) is 11.8 Å². The van der Waals surface area contributed by atoms with Crippen LogP contribution in [0.25, 0.3) is 0 Å². The smallest absolute Gasteiger partial charge is 0.410 e. The Kier molecular flexibility index (Phi) is 11.3. The van der Waals surface area contributed by atoms with Gasteiger partial charge in [-0.3, -0.25) is 9.59 Å². The number of benzene rings is 3. The van der Waals surface area contributed by atoms with Crippen molar-refractivity contribution >= 4 is 41.1 Å². The lowest BCUT2D eigenvalue weighted by Gasteiger charge is -2.27. The van der Waals surface area contributed by atoms with Crippen molar-refractivity contribution in [3.05, 3.63) is 91.0 Å². The third-order valence-electron chi connectivity index (χ3n) is 6.34. The summed E-state index contributed by atoms with van der Waals surface area (Å²) in [5, 5.41) is 9.53. The quantitative estimate of drug-likeness (QED) is 0.259. The molecule has 0 radical (unpaired) electrons. The first-order valence-corrected chi connectivity index (χ1v) is 15.6. The van der Waals surface area contributed by atoms with Crippen molar-refractivity contribution in [1.82, 2.24) is 15.5 Å². The number of carbonyl (C=O) groups excluding carboxylic acids is 3. The Morgan fingerprint density at radius 1 is 0.725 bits per heavy atom. The molecule has 0 atom stereocenters. The highest BCUT2D eigenvalue weighted by Gasteiger charge is 2.44. The zero-order chi connectivity index (χ0) is 29.0. The molecule has 0 saturated carbocycles. The molecule has 0 aliphatic carbocycles. The van der Waals surface area contributed by atoms with Gasteiger partial charge in [-0.15, -0.1) is 0 Å². The van der Waals surface area contributed by atoms with Gasteiger partial charge in [-0.05, 0) is 63.6 Å². The maximum atomic E-state index is 12.7. The van der Waals surface area contributed by atoms with Crippen molar-refractivity contribution in [3.8, 4) is 0 Å². The molecule has 0 saturated heterocycles. The summed E-state index contributed by atoms with van der Waals surface area (Å²) in [6.45, 7) is 5.79. The van der Waals surface area contributed by atoms with Crippen molar-refractivity contribution in [2.24, 2.45) is 0 Å². The van der Waals surface area contributed by atoms with Crippen molar-refractivity contribution in [1.29, 1.82) is 0 Å². The lowest BCUT2D eigenvalue weighted by Crippen LogP contribution is -2.42. The summed E-state index contributed by atoms with van der Waals surface area (Å²) in [4.78, 5) is 38.1. The van der Waals surface area contributed by atoms with Gasteiger partial charge in [-0.25, -0.2) is 4.79 Å². The molecule has 3 rings (SSSR count). The number of carbonyl (C=O) groups is 3. The van der Waals surface area contributed by atoms with Gasteiger partial charge in [0, 0.05) is 26.6 Å². The van der Waals surface area contributed by atoms with Gasteiger partial charge in [-0.1, -0.05) is 54.6 Å². The van der Waals surface area contributed by atoms with Crippen LogP contribution < -0.4 is 26.5 Å². The van der Waals surface area contributed by atoms with Crippen LogP contribution in [0.5, 0.6) is 0 Å². The van der Waals surface area contributed by atoms with Crippen molar-refractivity contribution < 1.29 is 19.1 Å². The van der Waals surface area contributed by atoms with Crippen molar-refractivity contribution in [3.63, 3.8) is 0 Å². The Morgan fingerprint density at radius 2 is 1.15 bits per heavy atom. The average molecular weight is 563 g/mol. The van der Waals surface area contributed by atoms with Crippen LogP contribution >= 0.6 is 7.26 Å². The van der Waals surface area contributed by atoms with Gasteiger partial charge < -0.3 is 20.3 Å². The Balaban J connectivity index is 1.55. The minimum Gasteiger partial charge on any atom is -0.444 e. The number of rotatable bonds is 12. The molecule has 0 aliphatic heterocycles. The fourth-order valence-corrected chi connectivity index (χ4v) is 8.87. The third-order valence-corrected chi connectivity index (χ3v) is 10.9. The summed E-state index contributed by atoms with van der Waals surface area (Å²) in [5.74, 6) is -0.363. The number of likely N-dealkylation sites (N-methyl/N-ethyl adjacent to an activating group) is 1. The summed E-state index contributed by atoms with van der Waals surface area (Å²) in [6.07, 6.45) is 1.43. The molecule has 2 N–H and O–H groups in total. The number of hydrogen-bond donors (Lipinski definition) is 2. The number of hydrogen-bond acceptors (Lipinski definition) is 4. The normalized spacial score (nSPS) is 11.4. The fourth-order valence-electron chi connectivity index (χ4n) is 4.53. The molecule has 8 heteroatoms. The minimum atomic E-state index is -1.97. The van der Waals surface area contributed by atoms with Crippen LogP contribution in [0, 0.1) is 0 Å². The molecule has 0 bridgehead atoms. The van der Waals surface area contributed by atoms with E-state index in [1.807, 2.05) is 18.2 Å². The first kappa shape index (κ1) is 30.8. The molecule has 0 unspecified atom stereocenters. The Hall–Kier alpha value is -3.70. The predicted molar refractivity (Wildman–Crippen MR) is 164 cm³/mol. The number of nitrogens with zero attached hydrogens (tertiary/aromatic N) is 1.